The molecule has 1 aromatic carbocycles. The summed E-state index contributed by atoms with van der Waals surface area (Å²) in [7, 11) is -7.01. The zero-order valence-corrected chi connectivity index (χ0v) is 16.6. The van der Waals surface area contributed by atoms with E-state index < -0.39 is 31.0 Å². The van der Waals surface area contributed by atoms with Crippen LogP contribution in [0.4, 0.5) is 0 Å². The van der Waals surface area contributed by atoms with E-state index >= 15 is 0 Å². The molecule has 3 aliphatic rings. The van der Waals surface area contributed by atoms with Crippen LogP contribution in [-0.4, -0.2) is 45.7 Å². The van der Waals surface area contributed by atoms with Crippen LogP contribution in [0.1, 0.15) is 49.7 Å². The third kappa shape index (κ3) is 3.58. The van der Waals surface area contributed by atoms with Gasteiger partial charge in [-0.05, 0) is 61.8 Å². The Kier molecular flexibility index (Phi) is 4.90. The van der Waals surface area contributed by atoms with Crippen molar-refractivity contribution >= 4 is 19.7 Å². The second-order valence-corrected chi connectivity index (χ2v) is 12.4. The van der Waals surface area contributed by atoms with Crippen molar-refractivity contribution in [3.8, 4) is 0 Å². The molecule has 1 N–H and O–H groups in total. The van der Waals surface area contributed by atoms with Crippen LogP contribution in [0.3, 0.4) is 0 Å². The maximum atomic E-state index is 13.3. The van der Waals surface area contributed by atoms with Crippen LogP contribution in [0.15, 0.2) is 23.1 Å². The van der Waals surface area contributed by atoms with Gasteiger partial charge in [-0.2, -0.15) is 0 Å². The van der Waals surface area contributed by atoms with Gasteiger partial charge in [-0.15, -0.1) is 0 Å². The van der Waals surface area contributed by atoms with E-state index in [9.17, 15) is 16.8 Å². The number of fused-ring (bicyclic) bond motifs is 1. The largest absolute Gasteiger partial charge is 0.309 e. The Labute approximate surface area is 156 Å². The van der Waals surface area contributed by atoms with Crippen LogP contribution in [0.25, 0.3) is 0 Å². The summed E-state index contributed by atoms with van der Waals surface area (Å²) < 4.78 is 51.0. The number of hydrogen-bond acceptors (Lipinski definition) is 5. The third-order valence-corrected chi connectivity index (χ3v) is 10.3. The second kappa shape index (κ2) is 6.91. The highest BCUT2D eigenvalue weighted by Crippen LogP contribution is 2.31. The van der Waals surface area contributed by atoms with Crippen LogP contribution >= 0.6 is 0 Å². The zero-order chi connectivity index (χ0) is 18.4. The summed E-state index contributed by atoms with van der Waals surface area (Å²) >= 11 is 0. The molecule has 1 aromatic rings. The van der Waals surface area contributed by atoms with Crippen LogP contribution < -0.4 is 5.32 Å². The molecule has 1 saturated heterocycles. The molecule has 0 radical (unpaired) electrons. The van der Waals surface area contributed by atoms with E-state index in [4.69, 9.17) is 0 Å². The fourth-order valence-corrected chi connectivity index (χ4v) is 9.46. The minimum absolute atomic E-state index is 0.0711. The van der Waals surface area contributed by atoms with Crippen molar-refractivity contribution in [2.75, 3.05) is 11.5 Å². The minimum atomic E-state index is -3.68. The predicted octanol–water partition coefficient (Wildman–Crippen LogP) is 2.04. The van der Waals surface area contributed by atoms with Gasteiger partial charge >= 0.3 is 0 Å². The quantitative estimate of drug-likeness (QED) is 0.841. The van der Waals surface area contributed by atoms with Crippen molar-refractivity contribution < 1.29 is 16.8 Å². The molecule has 1 heterocycles. The summed E-state index contributed by atoms with van der Waals surface area (Å²) in [5.41, 5.74) is 2.34. The van der Waals surface area contributed by atoms with Crippen molar-refractivity contribution in [3.63, 3.8) is 0 Å². The molecule has 2 atom stereocenters. The first-order chi connectivity index (χ1) is 12.4. The second-order valence-electron chi connectivity index (χ2n) is 8.05. The van der Waals surface area contributed by atoms with Crippen molar-refractivity contribution in [2.24, 2.45) is 0 Å². The smallest absolute Gasteiger partial charge is 0.183 e. The third-order valence-electron chi connectivity index (χ3n) is 6.15. The predicted molar refractivity (Wildman–Crippen MR) is 102 cm³/mol. The number of nitrogens with one attached hydrogen (secondary N) is 1. The van der Waals surface area contributed by atoms with Gasteiger partial charge in [-0.1, -0.05) is 18.9 Å². The first-order valence-corrected chi connectivity index (χ1v) is 13.0. The van der Waals surface area contributed by atoms with E-state index in [0.717, 1.165) is 56.9 Å². The van der Waals surface area contributed by atoms with Gasteiger partial charge in [-0.3, -0.25) is 0 Å². The van der Waals surface area contributed by atoms with Crippen molar-refractivity contribution in [3.05, 3.63) is 29.3 Å². The highest BCUT2D eigenvalue weighted by molar-refractivity contribution is 7.96. The zero-order valence-electron chi connectivity index (χ0n) is 15.0. The van der Waals surface area contributed by atoms with Crippen LogP contribution in [0, 0.1) is 0 Å². The first kappa shape index (κ1) is 18.4. The van der Waals surface area contributed by atoms with Gasteiger partial charge in [0, 0.05) is 12.1 Å². The lowest BCUT2D eigenvalue weighted by atomic mass is 9.92. The van der Waals surface area contributed by atoms with E-state index in [1.165, 1.54) is 5.56 Å². The summed E-state index contributed by atoms with van der Waals surface area (Å²) in [4.78, 5) is 0.290. The Morgan fingerprint density at radius 2 is 1.62 bits per heavy atom. The summed E-state index contributed by atoms with van der Waals surface area (Å²) in [5.74, 6) is -0.338. The normalized spacial score (nSPS) is 28.9. The molecule has 2 fully saturated rings. The number of hydrogen-bond donors (Lipinski definition) is 1. The summed E-state index contributed by atoms with van der Waals surface area (Å²) in [6.45, 7) is 0. The van der Waals surface area contributed by atoms with E-state index in [-0.39, 0.29) is 17.5 Å². The summed E-state index contributed by atoms with van der Waals surface area (Å²) in [6.07, 6.45) is 8.39. The number of rotatable bonds is 4. The fourth-order valence-electron chi connectivity index (χ4n) is 4.73. The number of aryl methyl sites for hydroxylation is 2. The lowest BCUT2D eigenvalue weighted by Gasteiger charge is -2.24. The molecule has 1 aliphatic heterocycles. The van der Waals surface area contributed by atoms with Gasteiger partial charge in [0.15, 0.2) is 19.7 Å². The molecule has 2 aliphatic carbocycles. The molecule has 144 valence electrons. The Bertz CT molecular complexity index is 886. The number of sulfone groups is 2. The van der Waals surface area contributed by atoms with Gasteiger partial charge in [0.25, 0.3) is 0 Å². The molecular weight excluding hydrogens is 370 g/mol. The highest BCUT2D eigenvalue weighted by Gasteiger charge is 2.46. The summed E-state index contributed by atoms with van der Waals surface area (Å²) in [5, 5.41) is 2.48. The van der Waals surface area contributed by atoms with E-state index in [0.29, 0.717) is 4.90 Å². The Morgan fingerprint density at radius 3 is 2.35 bits per heavy atom. The molecule has 4 rings (SSSR count). The Balaban J connectivity index is 1.64. The van der Waals surface area contributed by atoms with Gasteiger partial charge in [0.2, 0.25) is 0 Å². The van der Waals surface area contributed by atoms with Crippen LogP contribution in [0.5, 0.6) is 0 Å². The van der Waals surface area contributed by atoms with Crippen molar-refractivity contribution in [2.45, 2.75) is 73.6 Å². The Hall–Kier alpha value is -0.920. The average molecular weight is 398 g/mol. The van der Waals surface area contributed by atoms with Gasteiger partial charge < -0.3 is 5.32 Å². The van der Waals surface area contributed by atoms with Gasteiger partial charge in [0.05, 0.1) is 21.7 Å². The fraction of sp³-hybridized carbons (Fsp3) is 0.684. The molecule has 0 unspecified atom stereocenters. The van der Waals surface area contributed by atoms with Gasteiger partial charge in [-0.25, -0.2) is 16.8 Å². The van der Waals surface area contributed by atoms with Crippen molar-refractivity contribution in [1.82, 2.24) is 5.32 Å². The average Bonchev–Trinajstić information content (AvgIpc) is 3.22. The molecule has 0 bridgehead atoms. The van der Waals surface area contributed by atoms with Crippen LogP contribution in [0.2, 0.25) is 0 Å². The van der Waals surface area contributed by atoms with E-state index in [1.807, 2.05) is 6.07 Å². The molecule has 5 nitrogen and oxygen atoms in total. The SMILES string of the molecule is O=S1(=O)C[C@H](NC2CCCC2)[C@@H](S(=O)(=O)c2ccc3c(c2)CCCC3)C1. The molecule has 7 heteroatoms. The Morgan fingerprint density at radius 1 is 0.923 bits per heavy atom. The monoisotopic (exact) mass is 397 g/mol. The van der Waals surface area contributed by atoms with E-state index in [2.05, 4.69) is 5.32 Å². The first-order valence-electron chi connectivity index (χ1n) is 9.67. The lowest BCUT2D eigenvalue weighted by Crippen LogP contribution is -2.47. The minimum Gasteiger partial charge on any atom is -0.309 e. The highest BCUT2D eigenvalue weighted by atomic mass is 32.2. The van der Waals surface area contributed by atoms with E-state index in [1.54, 1.807) is 12.1 Å². The van der Waals surface area contributed by atoms with Crippen molar-refractivity contribution in [1.29, 1.82) is 0 Å². The number of benzene rings is 1. The van der Waals surface area contributed by atoms with Crippen LogP contribution in [-0.2, 0) is 32.5 Å². The molecule has 0 spiro atoms. The maximum absolute atomic E-state index is 13.3. The molecule has 0 amide bonds. The summed E-state index contributed by atoms with van der Waals surface area (Å²) in [6, 6.07) is 5.14. The molecular formula is C19H27NO4S2. The molecule has 0 aromatic heterocycles. The standard InChI is InChI=1S/C19H27NO4S2/c21-25(22)12-18(20-16-7-3-4-8-16)19(13-25)26(23,24)17-10-9-14-5-1-2-6-15(14)11-17/h9-11,16,18-20H,1-8,12-13H2/t18-,19-/m0/s1. The molecule has 26 heavy (non-hydrogen) atoms. The topological polar surface area (TPSA) is 80.3 Å². The molecule has 1 saturated carbocycles. The van der Waals surface area contributed by atoms with Gasteiger partial charge in [0.1, 0.15) is 0 Å². The maximum Gasteiger partial charge on any atom is 0.183 e. The lowest BCUT2D eigenvalue weighted by molar-refractivity contribution is 0.449.